The summed E-state index contributed by atoms with van der Waals surface area (Å²) in [6, 6.07) is 0.873. The molecule has 1 atom stereocenters. The van der Waals surface area contributed by atoms with E-state index in [1.165, 1.54) is 0 Å². The fourth-order valence-corrected chi connectivity index (χ4v) is 5.36. The van der Waals surface area contributed by atoms with E-state index in [1.807, 2.05) is 27.7 Å². The lowest BCUT2D eigenvalue weighted by Gasteiger charge is -2.28. The van der Waals surface area contributed by atoms with E-state index in [1.54, 1.807) is 0 Å². The first-order chi connectivity index (χ1) is 10.5. The van der Waals surface area contributed by atoms with Crippen LogP contribution in [0.25, 0.3) is 0 Å². The van der Waals surface area contributed by atoms with Crippen LogP contribution < -0.4 is 0 Å². The van der Waals surface area contributed by atoms with Crippen LogP contribution in [0, 0.1) is 0 Å². The van der Waals surface area contributed by atoms with E-state index in [0.717, 1.165) is 38.1 Å². The van der Waals surface area contributed by atoms with Crippen LogP contribution in [0.4, 0.5) is 0 Å². The molecule has 0 fully saturated rings. The van der Waals surface area contributed by atoms with Crippen molar-refractivity contribution in [2.24, 2.45) is 0 Å². The smallest absolute Gasteiger partial charge is 0.484 e. The maximum Gasteiger partial charge on any atom is 0.500 e. The van der Waals surface area contributed by atoms with Gasteiger partial charge in [0.2, 0.25) is 0 Å². The summed E-state index contributed by atoms with van der Waals surface area (Å²) in [5, 5.41) is 0.639. The third-order valence-electron chi connectivity index (χ3n) is 3.30. The van der Waals surface area contributed by atoms with Gasteiger partial charge in [-0.05, 0) is 58.7 Å². The summed E-state index contributed by atoms with van der Waals surface area (Å²) in [6.45, 7) is 11.9. The van der Waals surface area contributed by atoms with Gasteiger partial charge in [0.25, 0.3) is 0 Å². The number of ether oxygens (including phenoxy) is 1. The molecule has 0 amide bonds. The first kappa shape index (κ1) is 22.0. The van der Waals surface area contributed by atoms with E-state index in [0.29, 0.717) is 24.9 Å². The van der Waals surface area contributed by atoms with Crippen LogP contribution in [-0.2, 0) is 18.0 Å². The second kappa shape index (κ2) is 13.4. The molecule has 0 aromatic heterocycles. The molecule has 0 N–H and O–H groups in total. The molecular weight excluding hydrogens is 316 g/mol. The summed E-state index contributed by atoms with van der Waals surface area (Å²) in [5.74, 6) is 0. The van der Waals surface area contributed by atoms with Crippen molar-refractivity contribution in [3.8, 4) is 0 Å². The predicted octanol–water partition coefficient (Wildman–Crippen LogP) is 4.74. The van der Waals surface area contributed by atoms with Crippen molar-refractivity contribution < 1.29 is 18.0 Å². The number of rotatable bonds is 14. The highest BCUT2D eigenvalue weighted by atomic mass is 32.1. The Morgan fingerprint density at radius 1 is 0.909 bits per heavy atom. The molecule has 0 aliphatic rings. The largest absolute Gasteiger partial charge is 0.500 e. The summed E-state index contributed by atoms with van der Waals surface area (Å²) < 4.78 is 23.3. The molecule has 0 saturated carbocycles. The molecule has 0 saturated heterocycles. The molecule has 0 radical (unpaired) electrons. The monoisotopic (exact) mass is 350 g/mol. The third kappa shape index (κ3) is 9.89. The summed E-state index contributed by atoms with van der Waals surface area (Å²) in [4.78, 5) is 0. The molecule has 4 nitrogen and oxygen atoms in total. The molecule has 0 bridgehead atoms. The zero-order chi connectivity index (χ0) is 16.8. The molecule has 1 unspecified atom stereocenters. The first-order valence-electron chi connectivity index (χ1n) is 8.62. The quantitative estimate of drug-likeness (QED) is 0.257. The summed E-state index contributed by atoms with van der Waals surface area (Å²) >= 11 is 5.05. The van der Waals surface area contributed by atoms with Gasteiger partial charge in [-0.15, -0.1) is 0 Å². The van der Waals surface area contributed by atoms with Gasteiger partial charge in [-0.2, -0.15) is 0 Å². The van der Waals surface area contributed by atoms with Gasteiger partial charge in [0.15, 0.2) is 5.05 Å². The average Bonchev–Trinajstić information content (AvgIpc) is 2.44. The minimum absolute atomic E-state index is 0.241. The lowest BCUT2D eigenvalue weighted by molar-refractivity contribution is 0.0701. The van der Waals surface area contributed by atoms with Gasteiger partial charge in [0.1, 0.15) is 0 Å². The van der Waals surface area contributed by atoms with Crippen LogP contribution in [0.2, 0.25) is 6.04 Å². The van der Waals surface area contributed by atoms with Gasteiger partial charge in [-0.1, -0.05) is 13.3 Å². The third-order valence-corrected chi connectivity index (χ3v) is 6.54. The molecule has 6 heteroatoms. The van der Waals surface area contributed by atoms with Crippen molar-refractivity contribution >= 4 is 26.1 Å². The maximum atomic E-state index is 5.87. The number of hydrogen-bond donors (Lipinski definition) is 0. The van der Waals surface area contributed by atoms with Crippen molar-refractivity contribution in [1.82, 2.24) is 0 Å². The second-order valence-corrected chi connectivity index (χ2v) is 8.55. The molecular formula is C16H34O4SSi. The zero-order valence-corrected chi connectivity index (χ0v) is 16.8. The average molecular weight is 351 g/mol. The fourth-order valence-electron chi connectivity index (χ4n) is 2.53. The number of unbranched alkanes of at least 4 members (excludes halogenated alkanes) is 1. The van der Waals surface area contributed by atoms with E-state index in [9.17, 15) is 0 Å². The normalized spacial score (nSPS) is 13.1. The molecule has 0 aromatic rings. The Morgan fingerprint density at radius 2 is 1.45 bits per heavy atom. The standard InChI is InChI=1S/C16H34O4SSi/c1-6-12-16(20-15(5)21)13-10-11-14-22(17-7-2,18-8-3)19-9-4/h16H,6-14H2,1-5H3. The highest BCUT2D eigenvalue weighted by molar-refractivity contribution is 7.80. The molecule has 0 heterocycles. The fraction of sp³-hybridized carbons (Fsp3) is 0.938. The van der Waals surface area contributed by atoms with Crippen LogP contribution in [0.3, 0.4) is 0 Å². The summed E-state index contributed by atoms with van der Waals surface area (Å²) in [6.07, 6.45) is 5.55. The van der Waals surface area contributed by atoms with E-state index in [4.69, 9.17) is 30.2 Å². The van der Waals surface area contributed by atoms with Gasteiger partial charge in [-0.3, -0.25) is 0 Å². The minimum Gasteiger partial charge on any atom is -0.484 e. The second-order valence-electron chi connectivity index (χ2n) is 5.25. The highest BCUT2D eigenvalue weighted by Gasteiger charge is 2.39. The number of thiocarbonyl (C=S) groups is 1. The van der Waals surface area contributed by atoms with E-state index in [-0.39, 0.29) is 6.10 Å². The van der Waals surface area contributed by atoms with Crippen molar-refractivity contribution in [3.05, 3.63) is 0 Å². The molecule has 22 heavy (non-hydrogen) atoms. The molecule has 0 aromatic carbocycles. The van der Waals surface area contributed by atoms with Crippen molar-refractivity contribution in [2.75, 3.05) is 19.8 Å². The Balaban J connectivity index is 4.31. The molecule has 0 rings (SSSR count). The highest BCUT2D eigenvalue weighted by Crippen LogP contribution is 2.21. The van der Waals surface area contributed by atoms with Crippen molar-refractivity contribution in [2.45, 2.75) is 78.9 Å². The Morgan fingerprint density at radius 3 is 1.86 bits per heavy atom. The van der Waals surface area contributed by atoms with Crippen LogP contribution in [-0.4, -0.2) is 39.8 Å². The van der Waals surface area contributed by atoms with Crippen LogP contribution in [0.5, 0.6) is 0 Å². The van der Waals surface area contributed by atoms with E-state index < -0.39 is 8.80 Å². The minimum atomic E-state index is -2.48. The Bertz CT molecular complexity index is 272. The van der Waals surface area contributed by atoms with E-state index >= 15 is 0 Å². The molecule has 0 aliphatic carbocycles. The number of hydrogen-bond acceptors (Lipinski definition) is 5. The van der Waals surface area contributed by atoms with Gasteiger partial charge in [0.05, 0.1) is 6.10 Å². The summed E-state index contributed by atoms with van der Waals surface area (Å²) in [7, 11) is -2.48. The molecule has 132 valence electrons. The van der Waals surface area contributed by atoms with Gasteiger partial charge < -0.3 is 18.0 Å². The zero-order valence-electron chi connectivity index (χ0n) is 15.0. The maximum absolute atomic E-state index is 5.87. The van der Waals surface area contributed by atoms with Crippen LogP contribution in [0.15, 0.2) is 0 Å². The topological polar surface area (TPSA) is 36.9 Å². The predicted molar refractivity (Wildman–Crippen MR) is 97.3 cm³/mol. The molecule has 0 spiro atoms. The Kier molecular flexibility index (Phi) is 13.4. The van der Waals surface area contributed by atoms with Gasteiger partial charge in [0, 0.05) is 32.8 Å². The first-order valence-corrected chi connectivity index (χ1v) is 11.0. The van der Waals surface area contributed by atoms with Gasteiger partial charge in [-0.25, -0.2) is 0 Å². The summed E-state index contributed by atoms with van der Waals surface area (Å²) in [5.41, 5.74) is 0. The lowest BCUT2D eigenvalue weighted by Crippen LogP contribution is -2.45. The lowest BCUT2D eigenvalue weighted by atomic mass is 10.1. The Labute approximate surface area is 143 Å². The molecule has 0 aliphatic heterocycles. The SMILES string of the molecule is CCCC(CCCC[Si](OCC)(OCC)OCC)OC(C)=S. The van der Waals surface area contributed by atoms with E-state index in [2.05, 4.69) is 6.92 Å². The van der Waals surface area contributed by atoms with Crippen molar-refractivity contribution in [1.29, 1.82) is 0 Å². The Hall–Kier alpha value is -0.0131. The van der Waals surface area contributed by atoms with Crippen LogP contribution >= 0.6 is 12.2 Å². The van der Waals surface area contributed by atoms with Crippen molar-refractivity contribution in [3.63, 3.8) is 0 Å². The van der Waals surface area contributed by atoms with Crippen LogP contribution in [0.1, 0.15) is 66.7 Å². The van der Waals surface area contributed by atoms with Gasteiger partial charge >= 0.3 is 8.80 Å².